The molecule has 0 unspecified atom stereocenters. The molecule has 0 radical (unpaired) electrons. The van der Waals surface area contributed by atoms with Crippen LogP contribution in [0.25, 0.3) is 0 Å². The van der Waals surface area contributed by atoms with Crippen LogP contribution in [0.4, 0.5) is 0 Å². The third-order valence-corrected chi connectivity index (χ3v) is 3.65. The summed E-state index contributed by atoms with van der Waals surface area (Å²) in [5.74, 6) is 1.70. The van der Waals surface area contributed by atoms with Gasteiger partial charge in [-0.1, -0.05) is 11.6 Å². The zero-order valence-corrected chi connectivity index (χ0v) is 15.1. The third kappa shape index (κ3) is 4.93. The minimum absolute atomic E-state index is 0.265. The number of halogens is 1. The smallest absolute Gasteiger partial charge is 0.251 e. The van der Waals surface area contributed by atoms with Crippen molar-refractivity contribution in [1.82, 2.24) is 5.32 Å². The highest BCUT2D eigenvalue weighted by molar-refractivity contribution is 6.30. The lowest BCUT2D eigenvalue weighted by molar-refractivity contribution is 0.0946. The normalized spacial score (nSPS) is 10.1. The van der Waals surface area contributed by atoms with Crippen molar-refractivity contribution in [1.29, 1.82) is 0 Å². The van der Waals surface area contributed by atoms with Crippen molar-refractivity contribution in [2.75, 3.05) is 34.5 Å². The Balaban J connectivity index is 1.95. The van der Waals surface area contributed by atoms with Crippen molar-refractivity contribution in [3.05, 3.63) is 47.0 Å². The van der Waals surface area contributed by atoms with Crippen molar-refractivity contribution in [2.45, 2.75) is 0 Å². The van der Waals surface area contributed by atoms with Crippen LogP contribution in [0, 0.1) is 0 Å². The van der Waals surface area contributed by atoms with Gasteiger partial charge < -0.3 is 24.3 Å². The summed E-state index contributed by atoms with van der Waals surface area (Å²) < 4.78 is 21.3. The summed E-state index contributed by atoms with van der Waals surface area (Å²) in [7, 11) is 4.51. The number of hydrogen-bond donors (Lipinski definition) is 1. The fourth-order valence-electron chi connectivity index (χ4n) is 2.18. The number of methoxy groups -OCH3 is 3. The van der Waals surface area contributed by atoms with Gasteiger partial charge in [-0.3, -0.25) is 4.79 Å². The monoisotopic (exact) mass is 365 g/mol. The first-order valence-electron chi connectivity index (χ1n) is 7.55. The average molecular weight is 366 g/mol. The Morgan fingerprint density at radius 1 is 1.00 bits per heavy atom. The van der Waals surface area contributed by atoms with Crippen LogP contribution in [0.2, 0.25) is 5.02 Å². The van der Waals surface area contributed by atoms with E-state index in [1.54, 1.807) is 36.4 Å². The summed E-state index contributed by atoms with van der Waals surface area (Å²) in [4.78, 5) is 12.3. The van der Waals surface area contributed by atoms with Crippen LogP contribution in [0.3, 0.4) is 0 Å². The predicted octanol–water partition coefficient (Wildman–Crippen LogP) is 3.17. The van der Waals surface area contributed by atoms with Crippen LogP contribution in [0.1, 0.15) is 10.4 Å². The minimum Gasteiger partial charge on any atom is -0.493 e. The molecule has 7 heteroatoms. The highest BCUT2D eigenvalue weighted by Crippen LogP contribution is 2.38. The van der Waals surface area contributed by atoms with Crippen LogP contribution in [0.5, 0.6) is 23.0 Å². The highest BCUT2D eigenvalue weighted by atomic mass is 35.5. The van der Waals surface area contributed by atoms with Crippen molar-refractivity contribution < 1.29 is 23.7 Å². The van der Waals surface area contributed by atoms with E-state index in [2.05, 4.69) is 5.32 Å². The van der Waals surface area contributed by atoms with E-state index >= 15 is 0 Å². The number of nitrogens with one attached hydrogen (secondary N) is 1. The number of benzene rings is 2. The Morgan fingerprint density at radius 3 is 2.12 bits per heavy atom. The molecule has 2 rings (SSSR count). The fraction of sp³-hybridized carbons (Fsp3) is 0.278. The second kappa shape index (κ2) is 9.03. The van der Waals surface area contributed by atoms with Crippen LogP contribution >= 0.6 is 11.6 Å². The van der Waals surface area contributed by atoms with Crippen molar-refractivity contribution in [2.24, 2.45) is 0 Å². The molecule has 2 aromatic rings. The van der Waals surface area contributed by atoms with Crippen LogP contribution < -0.4 is 24.3 Å². The van der Waals surface area contributed by atoms with Gasteiger partial charge in [0.1, 0.15) is 12.4 Å². The lowest BCUT2D eigenvalue weighted by atomic mass is 10.1. The lowest BCUT2D eigenvalue weighted by Crippen LogP contribution is -2.28. The van der Waals surface area contributed by atoms with Gasteiger partial charge >= 0.3 is 0 Å². The number of ether oxygens (including phenoxy) is 4. The number of amides is 1. The molecule has 134 valence electrons. The molecule has 0 aromatic heterocycles. The molecule has 25 heavy (non-hydrogen) atoms. The molecular weight excluding hydrogens is 346 g/mol. The zero-order chi connectivity index (χ0) is 18.2. The van der Waals surface area contributed by atoms with Gasteiger partial charge in [0, 0.05) is 10.6 Å². The topological polar surface area (TPSA) is 66.0 Å². The van der Waals surface area contributed by atoms with Gasteiger partial charge in [0.25, 0.3) is 5.91 Å². The molecule has 0 spiro atoms. The Hall–Kier alpha value is -2.60. The van der Waals surface area contributed by atoms with E-state index in [1.165, 1.54) is 21.3 Å². The van der Waals surface area contributed by atoms with E-state index in [9.17, 15) is 4.79 Å². The van der Waals surface area contributed by atoms with E-state index in [4.69, 9.17) is 30.5 Å². The Bertz CT molecular complexity index is 693. The fourth-order valence-corrected chi connectivity index (χ4v) is 2.30. The third-order valence-electron chi connectivity index (χ3n) is 3.40. The summed E-state index contributed by atoms with van der Waals surface area (Å²) in [6.45, 7) is 0.677. The molecule has 2 aromatic carbocycles. The predicted molar refractivity (Wildman–Crippen MR) is 95.4 cm³/mol. The van der Waals surface area contributed by atoms with E-state index < -0.39 is 0 Å². The summed E-state index contributed by atoms with van der Waals surface area (Å²) in [6.07, 6.45) is 0. The second-order valence-electron chi connectivity index (χ2n) is 4.97. The first-order valence-corrected chi connectivity index (χ1v) is 7.93. The molecular formula is C18H20ClNO5. The van der Waals surface area contributed by atoms with Crippen LogP contribution in [-0.2, 0) is 0 Å². The van der Waals surface area contributed by atoms with E-state index in [0.29, 0.717) is 46.7 Å². The zero-order valence-electron chi connectivity index (χ0n) is 14.3. The maximum Gasteiger partial charge on any atom is 0.251 e. The molecule has 1 amide bonds. The molecule has 0 heterocycles. The van der Waals surface area contributed by atoms with E-state index in [1.807, 2.05) is 0 Å². The largest absolute Gasteiger partial charge is 0.493 e. The Labute approximate surface area is 151 Å². The van der Waals surface area contributed by atoms with E-state index in [0.717, 1.165) is 0 Å². The van der Waals surface area contributed by atoms with Gasteiger partial charge in [0.05, 0.1) is 27.9 Å². The first kappa shape index (κ1) is 18.7. The van der Waals surface area contributed by atoms with Gasteiger partial charge in [0.2, 0.25) is 5.75 Å². The molecule has 0 saturated carbocycles. The number of carbonyl (C=O) groups is 1. The molecule has 0 aliphatic rings. The van der Waals surface area contributed by atoms with Crippen LogP contribution in [0.15, 0.2) is 36.4 Å². The standard InChI is InChI=1S/C18H20ClNO5/c1-22-15-10-12(11-16(23-2)17(15)24-3)18(21)20-8-9-25-14-6-4-13(19)5-7-14/h4-7,10-11H,8-9H2,1-3H3,(H,20,21). The highest BCUT2D eigenvalue weighted by Gasteiger charge is 2.16. The second-order valence-corrected chi connectivity index (χ2v) is 5.41. The van der Waals surface area contributed by atoms with Crippen molar-refractivity contribution >= 4 is 17.5 Å². The molecule has 0 fully saturated rings. The number of rotatable bonds is 8. The summed E-state index contributed by atoms with van der Waals surface area (Å²) in [5, 5.41) is 3.42. The van der Waals surface area contributed by atoms with Gasteiger partial charge in [-0.2, -0.15) is 0 Å². The molecule has 1 N–H and O–H groups in total. The van der Waals surface area contributed by atoms with Crippen LogP contribution in [-0.4, -0.2) is 40.4 Å². The van der Waals surface area contributed by atoms with Gasteiger partial charge in [-0.25, -0.2) is 0 Å². The quantitative estimate of drug-likeness (QED) is 0.728. The van der Waals surface area contributed by atoms with E-state index in [-0.39, 0.29) is 5.91 Å². The molecule has 0 bridgehead atoms. The van der Waals surface area contributed by atoms with Gasteiger partial charge in [-0.05, 0) is 36.4 Å². The molecule has 6 nitrogen and oxygen atoms in total. The van der Waals surface area contributed by atoms with Crippen molar-refractivity contribution in [3.63, 3.8) is 0 Å². The lowest BCUT2D eigenvalue weighted by Gasteiger charge is -2.14. The van der Waals surface area contributed by atoms with Crippen molar-refractivity contribution in [3.8, 4) is 23.0 Å². The maximum atomic E-state index is 12.3. The Morgan fingerprint density at radius 2 is 1.60 bits per heavy atom. The average Bonchev–Trinajstić information content (AvgIpc) is 2.65. The summed E-state index contributed by atoms with van der Waals surface area (Å²) >= 11 is 5.81. The molecule has 0 saturated heterocycles. The molecule has 0 aliphatic heterocycles. The van der Waals surface area contributed by atoms with Gasteiger partial charge in [0.15, 0.2) is 11.5 Å². The SMILES string of the molecule is COc1cc(C(=O)NCCOc2ccc(Cl)cc2)cc(OC)c1OC. The molecule has 0 aliphatic carbocycles. The van der Waals surface area contributed by atoms with Gasteiger partial charge in [-0.15, -0.1) is 0 Å². The number of carbonyl (C=O) groups excluding carboxylic acids is 1. The molecule has 0 atom stereocenters. The number of hydrogen-bond acceptors (Lipinski definition) is 5. The first-order chi connectivity index (χ1) is 12.1. The minimum atomic E-state index is -0.265. The Kier molecular flexibility index (Phi) is 6.77. The maximum absolute atomic E-state index is 12.3. The summed E-state index contributed by atoms with van der Waals surface area (Å²) in [6, 6.07) is 10.2. The summed E-state index contributed by atoms with van der Waals surface area (Å²) in [5.41, 5.74) is 0.404.